The number of aromatic nitrogens is 1. The molecule has 0 aliphatic heterocycles. The van der Waals surface area contributed by atoms with Crippen LogP contribution >= 0.6 is 11.8 Å². The van der Waals surface area contributed by atoms with Crippen LogP contribution in [-0.2, 0) is 6.54 Å². The van der Waals surface area contributed by atoms with Crippen molar-refractivity contribution in [2.24, 2.45) is 0 Å². The maximum Gasteiger partial charge on any atom is 0.253 e. The Morgan fingerprint density at radius 1 is 1.15 bits per heavy atom. The fourth-order valence-electron chi connectivity index (χ4n) is 2.27. The Kier molecular flexibility index (Phi) is 7.21. The van der Waals surface area contributed by atoms with Crippen molar-refractivity contribution in [3.63, 3.8) is 0 Å². The number of nitrogens with zero attached hydrogens (tertiary/aromatic N) is 2. The zero-order valence-corrected chi connectivity index (χ0v) is 16.5. The SMILES string of the molecule is CCSc1cc(C(=O)NCc2ccc(C(=O)N(C)C(C)C)cc2)ccn1. The molecular formula is C20H25N3O2S. The molecule has 5 nitrogen and oxygen atoms in total. The zero-order valence-electron chi connectivity index (χ0n) is 15.7. The van der Waals surface area contributed by atoms with Crippen molar-refractivity contribution in [2.75, 3.05) is 12.8 Å². The van der Waals surface area contributed by atoms with E-state index in [0.717, 1.165) is 16.3 Å². The van der Waals surface area contributed by atoms with E-state index in [-0.39, 0.29) is 17.9 Å². The molecule has 0 saturated carbocycles. The summed E-state index contributed by atoms with van der Waals surface area (Å²) >= 11 is 1.60. The van der Waals surface area contributed by atoms with E-state index in [0.29, 0.717) is 17.7 Å². The molecule has 0 unspecified atom stereocenters. The second kappa shape index (κ2) is 9.38. The van der Waals surface area contributed by atoms with Crippen LogP contribution in [0.5, 0.6) is 0 Å². The fourth-order valence-corrected chi connectivity index (χ4v) is 2.91. The highest BCUT2D eigenvalue weighted by Gasteiger charge is 2.14. The Labute approximate surface area is 159 Å². The average molecular weight is 372 g/mol. The summed E-state index contributed by atoms with van der Waals surface area (Å²) in [6.07, 6.45) is 1.65. The van der Waals surface area contributed by atoms with Gasteiger partial charge in [-0.25, -0.2) is 4.98 Å². The molecule has 0 fully saturated rings. The molecule has 0 bridgehead atoms. The van der Waals surface area contributed by atoms with Crippen molar-refractivity contribution >= 4 is 23.6 Å². The Morgan fingerprint density at radius 2 is 1.85 bits per heavy atom. The summed E-state index contributed by atoms with van der Waals surface area (Å²) in [6, 6.07) is 11.0. The van der Waals surface area contributed by atoms with Gasteiger partial charge in [-0.05, 0) is 49.4 Å². The second-order valence-corrected chi connectivity index (χ2v) is 7.49. The number of thioether (sulfide) groups is 1. The van der Waals surface area contributed by atoms with Crippen LogP contribution in [0.15, 0.2) is 47.6 Å². The van der Waals surface area contributed by atoms with Crippen molar-refractivity contribution in [1.29, 1.82) is 0 Å². The Bertz CT molecular complexity index is 760. The topological polar surface area (TPSA) is 62.3 Å². The summed E-state index contributed by atoms with van der Waals surface area (Å²) in [5.41, 5.74) is 2.19. The predicted octanol–water partition coefficient (Wildman–Crippen LogP) is 3.60. The normalized spacial score (nSPS) is 10.7. The van der Waals surface area contributed by atoms with Gasteiger partial charge in [0.2, 0.25) is 0 Å². The van der Waals surface area contributed by atoms with Crippen molar-refractivity contribution in [1.82, 2.24) is 15.2 Å². The number of rotatable bonds is 7. The molecule has 0 saturated heterocycles. The highest BCUT2D eigenvalue weighted by atomic mass is 32.2. The van der Waals surface area contributed by atoms with Crippen molar-refractivity contribution in [3.05, 3.63) is 59.3 Å². The maximum absolute atomic E-state index is 12.3. The molecule has 0 spiro atoms. The molecule has 2 rings (SSSR count). The van der Waals surface area contributed by atoms with E-state index in [1.807, 2.05) is 32.9 Å². The van der Waals surface area contributed by atoms with Crippen LogP contribution in [0.3, 0.4) is 0 Å². The minimum Gasteiger partial charge on any atom is -0.348 e. The van der Waals surface area contributed by atoms with E-state index < -0.39 is 0 Å². The summed E-state index contributed by atoms with van der Waals surface area (Å²) in [5.74, 6) is 0.771. The molecule has 26 heavy (non-hydrogen) atoms. The molecule has 0 radical (unpaired) electrons. The van der Waals surface area contributed by atoms with E-state index in [9.17, 15) is 9.59 Å². The molecule has 0 atom stereocenters. The first-order chi connectivity index (χ1) is 12.4. The standard InChI is InChI=1S/C20H25N3O2S/c1-5-26-18-12-17(10-11-21-18)19(24)22-13-15-6-8-16(9-7-15)20(25)23(4)14(2)3/h6-12,14H,5,13H2,1-4H3,(H,22,24). The number of hydrogen-bond donors (Lipinski definition) is 1. The monoisotopic (exact) mass is 371 g/mol. The molecule has 1 aromatic carbocycles. The van der Waals surface area contributed by atoms with Gasteiger partial charge in [-0.15, -0.1) is 11.8 Å². The first-order valence-electron chi connectivity index (χ1n) is 8.65. The summed E-state index contributed by atoms with van der Waals surface area (Å²) in [7, 11) is 1.79. The Morgan fingerprint density at radius 3 is 2.46 bits per heavy atom. The molecule has 2 aromatic rings. The minimum atomic E-state index is -0.134. The van der Waals surface area contributed by atoms with Gasteiger partial charge in [0.15, 0.2) is 0 Å². The van der Waals surface area contributed by atoms with Gasteiger partial charge in [0, 0.05) is 37.0 Å². The maximum atomic E-state index is 12.3. The van der Waals surface area contributed by atoms with Crippen LogP contribution in [0.4, 0.5) is 0 Å². The van der Waals surface area contributed by atoms with Gasteiger partial charge in [-0.2, -0.15) is 0 Å². The number of amides is 2. The first kappa shape index (κ1) is 20.0. The van der Waals surface area contributed by atoms with Gasteiger partial charge in [0.1, 0.15) is 0 Å². The molecule has 0 aliphatic rings. The van der Waals surface area contributed by atoms with Crippen molar-refractivity contribution in [3.8, 4) is 0 Å². The number of hydrogen-bond acceptors (Lipinski definition) is 4. The van der Waals surface area contributed by atoms with Crippen LogP contribution in [0.1, 0.15) is 47.1 Å². The third kappa shape index (κ3) is 5.33. The average Bonchev–Trinajstić information content (AvgIpc) is 2.65. The van der Waals surface area contributed by atoms with E-state index in [1.54, 1.807) is 54.2 Å². The Hall–Kier alpha value is -2.34. The Balaban J connectivity index is 1.96. The number of carbonyl (C=O) groups is 2. The summed E-state index contributed by atoms with van der Waals surface area (Å²) in [6.45, 7) is 6.41. The highest BCUT2D eigenvalue weighted by molar-refractivity contribution is 7.99. The van der Waals surface area contributed by atoms with Crippen LogP contribution in [0.25, 0.3) is 0 Å². The van der Waals surface area contributed by atoms with E-state index in [2.05, 4.69) is 10.3 Å². The number of pyridine rings is 1. The van der Waals surface area contributed by atoms with Gasteiger partial charge in [-0.3, -0.25) is 9.59 Å². The van der Waals surface area contributed by atoms with Crippen LogP contribution < -0.4 is 5.32 Å². The number of benzene rings is 1. The molecule has 1 heterocycles. The molecule has 1 aromatic heterocycles. The number of nitrogens with one attached hydrogen (secondary N) is 1. The third-order valence-electron chi connectivity index (χ3n) is 4.04. The molecule has 1 N–H and O–H groups in total. The van der Waals surface area contributed by atoms with E-state index in [1.165, 1.54) is 0 Å². The van der Waals surface area contributed by atoms with Gasteiger partial charge in [0.25, 0.3) is 11.8 Å². The zero-order chi connectivity index (χ0) is 19.1. The van der Waals surface area contributed by atoms with E-state index in [4.69, 9.17) is 0 Å². The summed E-state index contributed by atoms with van der Waals surface area (Å²) in [4.78, 5) is 30.5. The molecular weight excluding hydrogens is 346 g/mol. The highest BCUT2D eigenvalue weighted by Crippen LogP contribution is 2.15. The lowest BCUT2D eigenvalue weighted by Crippen LogP contribution is -2.32. The molecule has 138 valence electrons. The third-order valence-corrected chi connectivity index (χ3v) is 4.85. The van der Waals surface area contributed by atoms with Gasteiger partial charge in [-0.1, -0.05) is 19.1 Å². The molecule has 2 amide bonds. The first-order valence-corrected chi connectivity index (χ1v) is 9.64. The largest absolute Gasteiger partial charge is 0.348 e. The molecule has 0 aliphatic carbocycles. The second-order valence-electron chi connectivity index (χ2n) is 6.21. The summed E-state index contributed by atoms with van der Waals surface area (Å²) in [5, 5.41) is 3.75. The predicted molar refractivity (Wildman–Crippen MR) is 105 cm³/mol. The van der Waals surface area contributed by atoms with Crippen LogP contribution in [-0.4, -0.2) is 40.5 Å². The lowest BCUT2D eigenvalue weighted by Gasteiger charge is -2.21. The van der Waals surface area contributed by atoms with Crippen LogP contribution in [0, 0.1) is 0 Å². The van der Waals surface area contributed by atoms with Gasteiger partial charge >= 0.3 is 0 Å². The van der Waals surface area contributed by atoms with Crippen molar-refractivity contribution in [2.45, 2.75) is 38.4 Å². The lowest BCUT2D eigenvalue weighted by molar-refractivity contribution is 0.0754. The van der Waals surface area contributed by atoms with Gasteiger partial charge in [0.05, 0.1) is 5.03 Å². The smallest absolute Gasteiger partial charge is 0.253 e. The fraction of sp³-hybridized carbons (Fsp3) is 0.350. The quantitative estimate of drug-likeness (QED) is 0.756. The van der Waals surface area contributed by atoms with Crippen LogP contribution in [0.2, 0.25) is 0 Å². The van der Waals surface area contributed by atoms with E-state index >= 15 is 0 Å². The molecule has 6 heteroatoms. The minimum absolute atomic E-state index is 0.00618. The summed E-state index contributed by atoms with van der Waals surface area (Å²) < 4.78 is 0. The van der Waals surface area contributed by atoms with Gasteiger partial charge < -0.3 is 10.2 Å². The number of carbonyl (C=O) groups excluding carboxylic acids is 2. The lowest BCUT2D eigenvalue weighted by atomic mass is 10.1. The van der Waals surface area contributed by atoms with Crippen molar-refractivity contribution < 1.29 is 9.59 Å².